The largest absolute Gasteiger partial charge is 0.494 e. The zero-order valence-electron chi connectivity index (χ0n) is 9.22. The molecule has 1 rings (SSSR count). The second-order valence-corrected chi connectivity index (χ2v) is 3.55. The van der Waals surface area contributed by atoms with Crippen molar-refractivity contribution in [3.8, 4) is 5.75 Å². The number of aliphatic carboxylic acids is 1. The number of aliphatic hydroxyl groups excluding tert-OH is 1. The van der Waals surface area contributed by atoms with Crippen molar-refractivity contribution in [1.82, 2.24) is 0 Å². The molecule has 0 heterocycles. The molecule has 0 aliphatic heterocycles. The highest BCUT2D eigenvalue weighted by Gasteiger charge is 2.13. The predicted molar refractivity (Wildman–Crippen MR) is 59.6 cm³/mol. The van der Waals surface area contributed by atoms with Crippen LogP contribution < -0.4 is 4.74 Å². The van der Waals surface area contributed by atoms with Crippen molar-refractivity contribution in [1.29, 1.82) is 0 Å². The smallest absolute Gasteiger partial charge is 0.332 e. The third kappa shape index (κ3) is 3.90. The SMILES string of the molecule is CCCOc1cccc(CC(O)C(=O)O)c1. The highest BCUT2D eigenvalue weighted by molar-refractivity contribution is 5.72. The fourth-order valence-electron chi connectivity index (χ4n) is 1.29. The summed E-state index contributed by atoms with van der Waals surface area (Å²) in [4.78, 5) is 10.5. The summed E-state index contributed by atoms with van der Waals surface area (Å²) in [5.74, 6) is -0.503. The van der Waals surface area contributed by atoms with E-state index in [-0.39, 0.29) is 6.42 Å². The Labute approximate surface area is 94.5 Å². The summed E-state index contributed by atoms with van der Waals surface area (Å²) in [5, 5.41) is 17.8. The van der Waals surface area contributed by atoms with Gasteiger partial charge in [0.15, 0.2) is 6.10 Å². The monoisotopic (exact) mass is 224 g/mol. The summed E-state index contributed by atoms with van der Waals surface area (Å²) in [7, 11) is 0. The third-order valence-corrected chi connectivity index (χ3v) is 2.09. The average Bonchev–Trinajstić information content (AvgIpc) is 2.26. The van der Waals surface area contributed by atoms with E-state index in [2.05, 4.69) is 0 Å². The van der Waals surface area contributed by atoms with Gasteiger partial charge >= 0.3 is 5.97 Å². The minimum Gasteiger partial charge on any atom is -0.494 e. The molecule has 1 aromatic rings. The van der Waals surface area contributed by atoms with Gasteiger partial charge in [0.25, 0.3) is 0 Å². The lowest BCUT2D eigenvalue weighted by atomic mass is 10.1. The molecule has 16 heavy (non-hydrogen) atoms. The van der Waals surface area contributed by atoms with Gasteiger partial charge in [-0.3, -0.25) is 0 Å². The number of hydrogen-bond donors (Lipinski definition) is 2. The predicted octanol–water partition coefficient (Wildman–Crippen LogP) is 1.46. The second kappa shape index (κ2) is 6.12. The Balaban J connectivity index is 2.63. The molecule has 0 saturated heterocycles. The maximum atomic E-state index is 10.5. The highest BCUT2D eigenvalue weighted by Crippen LogP contribution is 2.15. The Morgan fingerprint density at radius 3 is 2.88 bits per heavy atom. The van der Waals surface area contributed by atoms with Crippen molar-refractivity contribution in [3.63, 3.8) is 0 Å². The quantitative estimate of drug-likeness (QED) is 0.767. The molecule has 0 aliphatic rings. The fraction of sp³-hybridized carbons (Fsp3) is 0.417. The first-order valence-corrected chi connectivity index (χ1v) is 5.26. The number of carboxylic acids is 1. The molecule has 0 bridgehead atoms. The molecule has 0 radical (unpaired) electrons. The second-order valence-electron chi connectivity index (χ2n) is 3.55. The molecule has 0 fully saturated rings. The van der Waals surface area contributed by atoms with Crippen molar-refractivity contribution in [3.05, 3.63) is 29.8 Å². The number of ether oxygens (including phenoxy) is 1. The van der Waals surface area contributed by atoms with Crippen molar-refractivity contribution in [2.75, 3.05) is 6.61 Å². The van der Waals surface area contributed by atoms with Crippen LogP contribution in [0, 0.1) is 0 Å². The van der Waals surface area contributed by atoms with Gasteiger partial charge in [-0.05, 0) is 24.1 Å². The number of rotatable bonds is 6. The molecule has 1 atom stereocenters. The molecule has 0 aromatic heterocycles. The minimum absolute atomic E-state index is 0.0959. The van der Waals surface area contributed by atoms with E-state index in [9.17, 15) is 9.90 Å². The molecule has 0 spiro atoms. The summed E-state index contributed by atoms with van der Waals surface area (Å²) >= 11 is 0. The molecular formula is C12H16O4. The van der Waals surface area contributed by atoms with Gasteiger partial charge in [-0.25, -0.2) is 4.79 Å². The van der Waals surface area contributed by atoms with Crippen LogP contribution in [0.25, 0.3) is 0 Å². The van der Waals surface area contributed by atoms with Gasteiger partial charge in [-0.15, -0.1) is 0 Å². The third-order valence-electron chi connectivity index (χ3n) is 2.09. The Morgan fingerprint density at radius 1 is 1.50 bits per heavy atom. The summed E-state index contributed by atoms with van der Waals surface area (Å²) in [6, 6.07) is 7.12. The van der Waals surface area contributed by atoms with Crippen LogP contribution in [0.3, 0.4) is 0 Å². The highest BCUT2D eigenvalue weighted by atomic mass is 16.5. The van der Waals surface area contributed by atoms with E-state index in [4.69, 9.17) is 9.84 Å². The van der Waals surface area contributed by atoms with E-state index >= 15 is 0 Å². The van der Waals surface area contributed by atoms with E-state index in [1.807, 2.05) is 13.0 Å². The maximum absolute atomic E-state index is 10.5. The van der Waals surface area contributed by atoms with Crippen LogP contribution in [-0.4, -0.2) is 28.9 Å². The topological polar surface area (TPSA) is 66.8 Å². The summed E-state index contributed by atoms with van der Waals surface area (Å²) < 4.78 is 5.41. The Morgan fingerprint density at radius 2 is 2.25 bits per heavy atom. The number of carboxylic acid groups (broad SMARTS) is 1. The van der Waals surface area contributed by atoms with Gasteiger partial charge in [0.1, 0.15) is 5.75 Å². The first kappa shape index (κ1) is 12.5. The van der Waals surface area contributed by atoms with E-state index in [0.717, 1.165) is 12.0 Å². The van der Waals surface area contributed by atoms with Gasteiger partial charge in [0.2, 0.25) is 0 Å². The Bertz CT molecular complexity index is 349. The number of aliphatic hydroxyl groups is 1. The molecule has 0 aliphatic carbocycles. The normalized spacial score (nSPS) is 12.1. The van der Waals surface area contributed by atoms with Gasteiger partial charge in [0, 0.05) is 6.42 Å². The molecule has 0 amide bonds. The minimum atomic E-state index is -1.36. The fourth-order valence-corrected chi connectivity index (χ4v) is 1.29. The molecule has 2 N–H and O–H groups in total. The van der Waals surface area contributed by atoms with E-state index in [1.54, 1.807) is 18.2 Å². The number of carbonyl (C=O) groups is 1. The molecule has 4 heteroatoms. The lowest BCUT2D eigenvalue weighted by Crippen LogP contribution is -2.21. The number of benzene rings is 1. The summed E-state index contributed by atoms with van der Waals surface area (Å²) in [6.45, 7) is 2.64. The van der Waals surface area contributed by atoms with Crippen molar-refractivity contribution in [2.45, 2.75) is 25.9 Å². The van der Waals surface area contributed by atoms with Crippen LogP contribution >= 0.6 is 0 Å². The van der Waals surface area contributed by atoms with Crippen molar-refractivity contribution >= 4 is 5.97 Å². The number of hydrogen-bond acceptors (Lipinski definition) is 3. The van der Waals surface area contributed by atoms with Crippen molar-refractivity contribution < 1.29 is 19.7 Å². The Hall–Kier alpha value is -1.55. The summed E-state index contributed by atoms with van der Waals surface area (Å²) in [5.41, 5.74) is 0.753. The van der Waals surface area contributed by atoms with Gasteiger partial charge < -0.3 is 14.9 Å². The summed E-state index contributed by atoms with van der Waals surface area (Å²) in [6.07, 6.45) is -0.345. The first-order valence-electron chi connectivity index (χ1n) is 5.26. The van der Waals surface area contributed by atoms with Crippen LogP contribution in [0.15, 0.2) is 24.3 Å². The maximum Gasteiger partial charge on any atom is 0.332 e. The van der Waals surface area contributed by atoms with E-state index < -0.39 is 12.1 Å². The lowest BCUT2D eigenvalue weighted by Gasteiger charge is -2.08. The zero-order chi connectivity index (χ0) is 12.0. The molecule has 4 nitrogen and oxygen atoms in total. The van der Waals surface area contributed by atoms with Crippen molar-refractivity contribution in [2.24, 2.45) is 0 Å². The van der Waals surface area contributed by atoms with Gasteiger partial charge in [-0.2, -0.15) is 0 Å². The zero-order valence-corrected chi connectivity index (χ0v) is 9.22. The molecular weight excluding hydrogens is 208 g/mol. The van der Waals surface area contributed by atoms with Crippen LogP contribution in [-0.2, 0) is 11.2 Å². The van der Waals surface area contributed by atoms with Crippen LogP contribution in [0.4, 0.5) is 0 Å². The standard InChI is InChI=1S/C12H16O4/c1-2-6-16-10-5-3-4-9(7-10)8-11(13)12(14)15/h3-5,7,11,13H,2,6,8H2,1H3,(H,14,15). The first-order chi connectivity index (χ1) is 7.63. The molecule has 88 valence electrons. The molecule has 1 aromatic carbocycles. The Kier molecular flexibility index (Phi) is 4.79. The van der Waals surface area contributed by atoms with E-state index in [0.29, 0.717) is 12.4 Å². The van der Waals surface area contributed by atoms with Crippen LogP contribution in [0.5, 0.6) is 5.75 Å². The van der Waals surface area contributed by atoms with Crippen LogP contribution in [0.1, 0.15) is 18.9 Å². The van der Waals surface area contributed by atoms with Gasteiger partial charge in [0.05, 0.1) is 6.61 Å². The van der Waals surface area contributed by atoms with E-state index in [1.165, 1.54) is 0 Å². The average molecular weight is 224 g/mol. The van der Waals surface area contributed by atoms with Crippen LogP contribution in [0.2, 0.25) is 0 Å². The van der Waals surface area contributed by atoms with Gasteiger partial charge in [-0.1, -0.05) is 19.1 Å². The molecule has 0 saturated carbocycles. The lowest BCUT2D eigenvalue weighted by molar-refractivity contribution is -0.146. The molecule has 1 unspecified atom stereocenters.